The summed E-state index contributed by atoms with van der Waals surface area (Å²) in [5.74, 6) is 1.05. The largest absolute Gasteiger partial charge is 0.368 e. The third kappa shape index (κ3) is 2.02. The molecule has 0 aromatic heterocycles. The molecule has 2 aromatic rings. The van der Waals surface area contributed by atoms with Crippen LogP contribution in [-0.2, 0) is 0 Å². The van der Waals surface area contributed by atoms with E-state index in [9.17, 15) is 0 Å². The van der Waals surface area contributed by atoms with Gasteiger partial charge in [0.05, 0.1) is 0 Å². The highest BCUT2D eigenvalue weighted by molar-refractivity contribution is 5.94. The quantitative estimate of drug-likeness (QED) is 0.815. The van der Waals surface area contributed by atoms with E-state index in [-0.39, 0.29) is 0 Å². The van der Waals surface area contributed by atoms with Crippen molar-refractivity contribution >= 4 is 16.5 Å². The van der Waals surface area contributed by atoms with Gasteiger partial charge in [0, 0.05) is 17.6 Å². The lowest BCUT2D eigenvalue weighted by molar-refractivity contribution is 0.898. The lowest BCUT2D eigenvalue weighted by Crippen LogP contribution is -2.21. The normalized spacial score (nSPS) is 14.2. The number of nitrogens with one attached hydrogen (secondary N) is 2. The summed E-state index contributed by atoms with van der Waals surface area (Å²) < 4.78 is 0. The minimum Gasteiger partial charge on any atom is -0.368 e. The lowest BCUT2D eigenvalue weighted by atomic mass is 10.1. The third-order valence-corrected chi connectivity index (χ3v) is 2.87. The predicted molar refractivity (Wildman–Crippen MR) is 72.8 cm³/mol. The molecule has 0 spiro atoms. The molecule has 0 saturated heterocycles. The third-order valence-electron chi connectivity index (χ3n) is 2.87. The summed E-state index contributed by atoms with van der Waals surface area (Å²) in [6, 6.07) is 14.7. The fraction of sp³-hybridized carbons (Fsp3) is 0.0667. The van der Waals surface area contributed by atoms with Gasteiger partial charge in [-0.15, -0.1) is 0 Å². The van der Waals surface area contributed by atoms with Gasteiger partial charge in [-0.3, -0.25) is 0 Å². The zero-order chi connectivity index (χ0) is 11.5. The van der Waals surface area contributed by atoms with E-state index in [0.29, 0.717) is 0 Å². The number of dihydropyridines is 1. The van der Waals surface area contributed by atoms with Crippen molar-refractivity contribution in [3.05, 3.63) is 66.5 Å². The molecule has 0 aliphatic carbocycles. The van der Waals surface area contributed by atoms with Crippen molar-refractivity contribution in [1.82, 2.24) is 5.32 Å². The number of fused-ring (bicyclic) bond motifs is 1. The molecular weight excluding hydrogens is 208 g/mol. The van der Waals surface area contributed by atoms with Crippen LogP contribution in [-0.4, -0.2) is 6.54 Å². The molecule has 84 valence electrons. The Kier molecular flexibility index (Phi) is 2.54. The van der Waals surface area contributed by atoms with Gasteiger partial charge in [-0.25, -0.2) is 0 Å². The van der Waals surface area contributed by atoms with Crippen LogP contribution < -0.4 is 10.6 Å². The first-order valence-electron chi connectivity index (χ1n) is 5.79. The van der Waals surface area contributed by atoms with Crippen molar-refractivity contribution in [1.29, 1.82) is 0 Å². The van der Waals surface area contributed by atoms with Crippen LogP contribution in [0.25, 0.3) is 10.8 Å². The fourth-order valence-corrected chi connectivity index (χ4v) is 2.03. The van der Waals surface area contributed by atoms with Crippen molar-refractivity contribution in [2.75, 3.05) is 11.9 Å². The first-order valence-corrected chi connectivity index (χ1v) is 5.79. The van der Waals surface area contributed by atoms with E-state index in [1.807, 2.05) is 6.08 Å². The average molecular weight is 222 g/mol. The Hall–Kier alpha value is -2.22. The van der Waals surface area contributed by atoms with Crippen molar-refractivity contribution in [2.24, 2.45) is 0 Å². The summed E-state index contributed by atoms with van der Waals surface area (Å²) in [6.45, 7) is 0.879. The van der Waals surface area contributed by atoms with Gasteiger partial charge in [0.2, 0.25) is 0 Å². The Morgan fingerprint density at radius 2 is 1.88 bits per heavy atom. The van der Waals surface area contributed by atoms with Crippen LogP contribution in [0.1, 0.15) is 0 Å². The van der Waals surface area contributed by atoms with E-state index in [1.165, 1.54) is 10.8 Å². The summed E-state index contributed by atoms with van der Waals surface area (Å²) in [4.78, 5) is 0. The second kappa shape index (κ2) is 4.34. The summed E-state index contributed by atoms with van der Waals surface area (Å²) in [6.07, 6.45) is 6.20. The summed E-state index contributed by atoms with van der Waals surface area (Å²) in [7, 11) is 0. The fourth-order valence-electron chi connectivity index (χ4n) is 2.03. The van der Waals surface area contributed by atoms with Crippen LogP contribution >= 0.6 is 0 Å². The monoisotopic (exact) mass is 222 g/mol. The highest BCUT2D eigenvalue weighted by Crippen LogP contribution is 2.23. The van der Waals surface area contributed by atoms with E-state index in [1.54, 1.807) is 0 Å². The molecule has 2 N–H and O–H groups in total. The van der Waals surface area contributed by atoms with Gasteiger partial charge in [-0.2, -0.15) is 0 Å². The van der Waals surface area contributed by atoms with Gasteiger partial charge in [0.15, 0.2) is 0 Å². The average Bonchev–Trinajstić information content (AvgIpc) is 2.40. The maximum absolute atomic E-state index is 3.42. The Balaban J connectivity index is 2.00. The Morgan fingerprint density at radius 1 is 1.00 bits per heavy atom. The van der Waals surface area contributed by atoms with E-state index >= 15 is 0 Å². The molecule has 0 amide bonds. The van der Waals surface area contributed by atoms with Gasteiger partial charge in [0.1, 0.15) is 5.82 Å². The molecular formula is C15H14N2. The summed E-state index contributed by atoms with van der Waals surface area (Å²) in [5.41, 5.74) is 1.14. The molecule has 1 aliphatic heterocycles. The number of hydrogen-bond donors (Lipinski definition) is 2. The van der Waals surface area contributed by atoms with Gasteiger partial charge < -0.3 is 10.6 Å². The smallest absolute Gasteiger partial charge is 0.103 e. The van der Waals surface area contributed by atoms with E-state index < -0.39 is 0 Å². The van der Waals surface area contributed by atoms with Gasteiger partial charge in [-0.1, -0.05) is 48.6 Å². The topological polar surface area (TPSA) is 24.1 Å². The minimum absolute atomic E-state index is 0.879. The Morgan fingerprint density at radius 3 is 2.76 bits per heavy atom. The zero-order valence-electron chi connectivity index (χ0n) is 9.48. The summed E-state index contributed by atoms with van der Waals surface area (Å²) >= 11 is 0. The summed E-state index contributed by atoms with van der Waals surface area (Å²) in [5, 5.41) is 9.22. The molecule has 3 rings (SSSR count). The molecule has 0 bridgehead atoms. The molecule has 0 saturated carbocycles. The minimum atomic E-state index is 0.879. The first-order chi connectivity index (χ1) is 8.43. The lowest BCUT2D eigenvalue weighted by Gasteiger charge is -2.15. The van der Waals surface area contributed by atoms with Gasteiger partial charge in [-0.05, 0) is 17.5 Å². The van der Waals surface area contributed by atoms with Crippen LogP contribution in [0.4, 0.5) is 5.69 Å². The first kappa shape index (κ1) is 9.97. The highest BCUT2D eigenvalue weighted by atomic mass is 15.1. The van der Waals surface area contributed by atoms with E-state index in [4.69, 9.17) is 0 Å². The highest BCUT2D eigenvalue weighted by Gasteiger charge is 2.02. The van der Waals surface area contributed by atoms with Crippen molar-refractivity contribution in [3.8, 4) is 0 Å². The van der Waals surface area contributed by atoms with E-state index in [0.717, 1.165) is 18.1 Å². The number of allylic oxidation sites excluding steroid dienone is 2. The maximum Gasteiger partial charge on any atom is 0.103 e. The van der Waals surface area contributed by atoms with Gasteiger partial charge >= 0.3 is 0 Å². The molecule has 2 heteroatoms. The molecule has 0 unspecified atom stereocenters. The molecule has 0 fully saturated rings. The van der Waals surface area contributed by atoms with Crippen molar-refractivity contribution in [2.45, 2.75) is 0 Å². The number of rotatable bonds is 2. The predicted octanol–water partition coefficient (Wildman–Crippen LogP) is 3.25. The molecule has 2 nitrogen and oxygen atoms in total. The second-order valence-corrected chi connectivity index (χ2v) is 4.04. The molecule has 17 heavy (non-hydrogen) atoms. The molecule has 2 aromatic carbocycles. The number of anilines is 1. The SMILES string of the molecule is C1=CCNC(Nc2cccc3ccccc23)=C1. The van der Waals surface area contributed by atoms with Crippen LogP contribution in [0, 0.1) is 0 Å². The Labute approximate surface area is 101 Å². The van der Waals surface area contributed by atoms with E-state index in [2.05, 4.69) is 65.3 Å². The van der Waals surface area contributed by atoms with Crippen molar-refractivity contribution in [3.63, 3.8) is 0 Å². The van der Waals surface area contributed by atoms with Crippen LogP contribution in [0.2, 0.25) is 0 Å². The maximum atomic E-state index is 3.42. The second-order valence-electron chi connectivity index (χ2n) is 4.04. The Bertz CT molecular complexity index is 591. The molecule has 1 aliphatic rings. The van der Waals surface area contributed by atoms with Crippen LogP contribution in [0.15, 0.2) is 66.5 Å². The molecule has 0 radical (unpaired) electrons. The standard InChI is InChI=1S/C15H14N2/c1-2-8-13-12(6-1)7-5-9-14(13)17-15-10-3-4-11-16-15/h1-10,16-17H,11H2. The molecule has 0 atom stereocenters. The van der Waals surface area contributed by atoms with Crippen LogP contribution in [0.3, 0.4) is 0 Å². The number of hydrogen-bond acceptors (Lipinski definition) is 2. The van der Waals surface area contributed by atoms with Crippen LogP contribution in [0.5, 0.6) is 0 Å². The van der Waals surface area contributed by atoms with Gasteiger partial charge in [0.25, 0.3) is 0 Å². The zero-order valence-corrected chi connectivity index (χ0v) is 9.48. The molecule has 1 heterocycles. The van der Waals surface area contributed by atoms with Crippen molar-refractivity contribution < 1.29 is 0 Å². The number of benzene rings is 2.